The number of carbonyl (C=O) groups is 2. The third-order valence-corrected chi connectivity index (χ3v) is 5.11. The topological polar surface area (TPSA) is 52.7 Å². The Kier molecular flexibility index (Phi) is 5.51. The summed E-state index contributed by atoms with van der Waals surface area (Å²) in [4.78, 5) is 29.3. The molecule has 0 saturated carbocycles. The Balaban J connectivity index is 1.59. The van der Waals surface area contributed by atoms with Gasteiger partial charge in [0, 0.05) is 38.8 Å². The lowest BCUT2D eigenvalue weighted by Gasteiger charge is -2.39. The summed E-state index contributed by atoms with van der Waals surface area (Å²) < 4.78 is 0. The van der Waals surface area contributed by atoms with E-state index in [9.17, 15) is 9.59 Å². The number of amides is 2. The van der Waals surface area contributed by atoms with Crippen molar-refractivity contribution in [3.63, 3.8) is 0 Å². The second kappa shape index (κ2) is 7.79. The Bertz CT molecular complexity index is 575. The van der Waals surface area contributed by atoms with Crippen molar-refractivity contribution in [2.45, 2.75) is 32.2 Å². The fourth-order valence-electron chi connectivity index (χ4n) is 3.69. The largest absolute Gasteiger partial charge is 0.342 e. The summed E-state index contributed by atoms with van der Waals surface area (Å²) in [6.07, 6.45) is 2.23. The first kappa shape index (κ1) is 17.0. The van der Waals surface area contributed by atoms with Gasteiger partial charge in [0.25, 0.3) is 0 Å². The summed E-state index contributed by atoms with van der Waals surface area (Å²) in [6.45, 7) is 5.92. The number of likely N-dealkylation sites (tertiary alicyclic amines) is 1. The summed E-state index contributed by atoms with van der Waals surface area (Å²) in [6, 6.07) is 10.1. The fraction of sp³-hybridized carbons (Fsp3) is 0.579. The molecule has 5 heteroatoms. The van der Waals surface area contributed by atoms with Crippen LogP contribution in [0.1, 0.15) is 25.3 Å². The molecule has 2 heterocycles. The van der Waals surface area contributed by atoms with E-state index in [0.29, 0.717) is 13.0 Å². The number of carbonyl (C=O) groups excluding carboxylic acids is 2. The monoisotopic (exact) mass is 329 g/mol. The van der Waals surface area contributed by atoms with Gasteiger partial charge in [0.2, 0.25) is 11.8 Å². The van der Waals surface area contributed by atoms with Gasteiger partial charge >= 0.3 is 0 Å². The van der Waals surface area contributed by atoms with E-state index in [1.54, 1.807) is 0 Å². The lowest BCUT2D eigenvalue weighted by atomic mass is 9.95. The van der Waals surface area contributed by atoms with Crippen molar-refractivity contribution in [3.05, 3.63) is 35.9 Å². The van der Waals surface area contributed by atoms with Crippen LogP contribution in [0.25, 0.3) is 0 Å². The van der Waals surface area contributed by atoms with Gasteiger partial charge in [-0.2, -0.15) is 0 Å². The Morgan fingerprint density at radius 2 is 2.00 bits per heavy atom. The highest BCUT2D eigenvalue weighted by Gasteiger charge is 2.33. The molecular formula is C19H27N3O2. The smallest absolute Gasteiger partial charge is 0.227 e. The third kappa shape index (κ3) is 3.96. The van der Waals surface area contributed by atoms with Crippen LogP contribution in [0.15, 0.2) is 30.3 Å². The van der Waals surface area contributed by atoms with Crippen LogP contribution in [0.4, 0.5) is 0 Å². The van der Waals surface area contributed by atoms with Gasteiger partial charge in [0.05, 0.1) is 12.3 Å². The maximum atomic E-state index is 12.9. The Hall–Kier alpha value is -1.88. The quantitative estimate of drug-likeness (QED) is 0.909. The maximum absolute atomic E-state index is 12.9. The first-order chi connectivity index (χ1) is 11.6. The molecule has 1 unspecified atom stereocenters. The van der Waals surface area contributed by atoms with Crippen molar-refractivity contribution in [3.8, 4) is 0 Å². The Morgan fingerprint density at radius 3 is 2.75 bits per heavy atom. The summed E-state index contributed by atoms with van der Waals surface area (Å²) in [5.74, 6) is 0.312. The van der Waals surface area contributed by atoms with E-state index in [4.69, 9.17) is 0 Å². The van der Waals surface area contributed by atoms with Gasteiger partial charge in [-0.1, -0.05) is 30.3 Å². The van der Waals surface area contributed by atoms with E-state index in [-0.39, 0.29) is 23.8 Å². The molecule has 2 aliphatic heterocycles. The van der Waals surface area contributed by atoms with E-state index in [1.807, 2.05) is 40.1 Å². The summed E-state index contributed by atoms with van der Waals surface area (Å²) in [5.41, 5.74) is 1.03. The van der Waals surface area contributed by atoms with Gasteiger partial charge in [-0.3, -0.25) is 9.59 Å². The number of piperazine rings is 1. The summed E-state index contributed by atoms with van der Waals surface area (Å²) >= 11 is 0. The average Bonchev–Trinajstić information content (AvgIpc) is 2.62. The molecule has 2 amide bonds. The van der Waals surface area contributed by atoms with Crippen molar-refractivity contribution in [2.24, 2.45) is 5.92 Å². The molecule has 130 valence electrons. The number of hydrogen-bond acceptors (Lipinski definition) is 3. The van der Waals surface area contributed by atoms with Gasteiger partial charge in [0.15, 0.2) is 0 Å². The zero-order chi connectivity index (χ0) is 16.9. The van der Waals surface area contributed by atoms with Gasteiger partial charge in [-0.15, -0.1) is 0 Å². The minimum Gasteiger partial charge on any atom is -0.342 e. The van der Waals surface area contributed by atoms with E-state index < -0.39 is 0 Å². The highest BCUT2D eigenvalue weighted by molar-refractivity contribution is 5.82. The molecule has 2 atom stereocenters. The van der Waals surface area contributed by atoms with Crippen molar-refractivity contribution in [1.29, 1.82) is 0 Å². The SMILES string of the molecule is C[C@H]1CNCCN1C(=O)C1CCCN(C(=O)Cc2ccccc2)C1. The number of piperidine rings is 1. The van der Waals surface area contributed by atoms with Crippen molar-refractivity contribution >= 4 is 11.8 Å². The van der Waals surface area contributed by atoms with Crippen LogP contribution in [0.3, 0.4) is 0 Å². The van der Waals surface area contributed by atoms with Crippen LogP contribution >= 0.6 is 0 Å². The van der Waals surface area contributed by atoms with Crippen molar-refractivity contribution in [2.75, 3.05) is 32.7 Å². The molecule has 3 rings (SSSR count). The first-order valence-electron chi connectivity index (χ1n) is 8.98. The van der Waals surface area contributed by atoms with Crippen LogP contribution in [0, 0.1) is 5.92 Å². The highest BCUT2D eigenvalue weighted by atomic mass is 16.2. The number of nitrogens with zero attached hydrogens (tertiary/aromatic N) is 2. The fourth-order valence-corrected chi connectivity index (χ4v) is 3.69. The number of benzene rings is 1. The zero-order valence-electron chi connectivity index (χ0n) is 14.4. The van der Waals surface area contributed by atoms with Crippen molar-refractivity contribution in [1.82, 2.24) is 15.1 Å². The standard InChI is InChI=1S/C19H27N3O2/c1-15-13-20-9-11-22(15)19(24)17-8-5-10-21(14-17)18(23)12-16-6-3-2-4-7-16/h2-4,6-7,15,17,20H,5,8-14H2,1H3/t15-,17?/m0/s1. The molecule has 5 nitrogen and oxygen atoms in total. The van der Waals surface area contributed by atoms with E-state index in [0.717, 1.165) is 44.6 Å². The van der Waals surface area contributed by atoms with Crippen LogP contribution in [0.2, 0.25) is 0 Å². The lowest BCUT2D eigenvalue weighted by molar-refractivity contribution is -0.142. The number of nitrogens with one attached hydrogen (secondary N) is 1. The molecule has 0 bridgehead atoms. The minimum absolute atomic E-state index is 0.0426. The normalized spacial score (nSPS) is 24.7. The van der Waals surface area contributed by atoms with Crippen molar-refractivity contribution < 1.29 is 9.59 Å². The predicted molar refractivity (Wildman–Crippen MR) is 93.5 cm³/mol. The van der Waals surface area contributed by atoms with E-state index in [1.165, 1.54) is 0 Å². The molecule has 2 aliphatic rings. The van der Waals surface area contributed by atoms with Gasteiger partial charge in [-0.05, 0) is 25.3 Å². The number of hydrogen-bond donors (Lipinski definition) is 1. The first-order valence-corrected chi connectivity index (χ1v) is 8.98. The van der Waals surface area contributed by atoms with Gasteiger partial charge in [-0.25, -0.2) is 0 Å². The van der Waals surface area contributed by atoms with Crippen LogP contribution in [-0.2, 0) is 16.0 Å². The second-order valence-electron chi connectivity index (χ2n) is 6.93. The molecular weight excluding hydrogens is 302 g/mol. The van der Waals surface area contributed by atoms with Crippen LogP contribution in [0.5, 0.6) is 0 Å². The second-order valence-corrected chi connectivity index (χ2v) is 6.93. The highest BCUT2D eigenvalue weighted by Crippen LogP contribution is 2.21. The number of rotatable bonds is 3. The van der Waals surface area contributed by atoms with Gasteiger partial charge in [0.1, 0.15) is 0 Å². The molecule has 24 heavy (non-hydrogen) atoms. The molecule has 0 spiro atoms. The lowest BCUT2D eigenvalue weighted by Crippen LogP contribution is -2.56. The Labute approximate surface area is 144 Å². The Morgan fingerprint density at radius 1 is 1.21 bits per heavy atom. The van der Waals surface area contributed by atoms with Crippen LogP contribution in [-0.4, -0.2) is 60.4 Å². The molecule has 1 aromatic carbocycles. The van der Waals surface area contributed by atoms with E-state index in [2.05, 4.69) is 12.2 Å². The predicted octanol–water partition coefficient (Wildman–Crippen LogP) is 1.29. The van der Waals surface area contributed by atoms with E-state index >= 15 is 0 Å². The summed E-state index contributed by atoms with van der Waals surface area (Å²) in [7, 11) is 0. The molecule has 0 aliphatic carbocycles. The minimum atomic E-state index is -0.0426. The van der Waals surface area contributed by atoms with Crippen LogP contribution < -0.4 is 5.32 Å². The molecule has 0 aromatic heterocycles. The van der Waals surface area contributed by atoms with Gasteiger partial charge < -0.3 is 15.1 Å². The molecule has 2 fully saturated rings. The zero-order valence-corrected chi connectivity index (χ0v) is 14.4. The third-order valence-electron chi connectivity index (χ3n) is 5.11. The molecule has 2 saturated heterocycles. The average molecular weight is 329 g/mol. The molecule has 1 N–H and O–H groups in total. The maximum Gasteiger partial charge on any atom is 0.227 e. The molecule has 0 radical (unpaired) electrons. The molecule has 1 aromatic rings. The summed E-state index contributed by atoms with van der Waals surface area (Å²) in [5, 5.41) is 3.32.